The van der Waals surface area contributed by atoms with Gasteiger partial charge in [0.15, 0.2) is 8.68 Å². The number of aromatic nitrogens is 1. The number of carbonyl (C=O) groups excluding carboxylic acids is 1. The number of nitrogens with one attached hydrogen (secondary N) is 1. The standard InChI is InChI=1S/C9H7ClN2O4S3/c1-16-8(13)7-5(2-3-17-7)12-19(14,15)6-4-11-9(10)18-6/h2-4,12H,1H3. The summed E-state index contributed by atoms with van der Waals surface area (Å²) < 4.78 is 31.0. The molecule has 0 saturated heterocycles. The Labute approximate surface area is 122 Å². The number of ether oxygens (including phenoxy) is 1. The van der Waals surface area contributed by atoms with Crippen molar-refractivity contribution in [3.8, 4) is 0 Å². The molecule has 6 nitrogen and oxygen atoms in total. The summed E-state index contributed by atoms with van der Waals surface area (Å²) in [7, 11) is -2.58. The summed E-state index contributed by atoms with van der Waals surface area (Å²) in [5.74, 6) is -0.602. The lowest BCUT2D eigenvalue weighted by Gasteiger charge is -2.05. The van der Waals surface area contributed by atoms with Crippen molar-refractivity contribution in [1.82, 2.24) is 4.98 Å². The van der Waals surface area contributed by atoms with E-state index in [4.69, 9.17) is 11.6 Å². The van der Waals surface area contributed by atoms with Gasteiger partial charge in [0, 0.05) is 0 Å². The highest BCUT2D eigenvalue weighted by Gasteiger charge is 2.22. The zero-order valence-corrected chi connectivity index (χ0v) is 12.6. The van der Waals surface area contributed by atoms with E-state index in [0.29, 0.717) is 0 Å². The molecule has 0 fully saturated rings. The second kappa shape index (κ2) is 5.45. The summed E-state index contributed by atoms with van der Waals surface area (Å²) in [4.78, 5) is 15.3. The minimum absolute atomic E-state index is 0.0282. The number of sulfonamides is 1. The molecule has 1 N–H and O–H groups in total. The molecule has 2 rings (SSSR count). The quantitative estimate of drug-likeness (QED) is 0.865. The number of carbonyl (C=O) groups is 1. The Morgan fingerprint density at radius 2 is 2.26 bits per heavy atom. The third kappa shape index (κ3) is 3.06. The zero-order chi connectivity index (χ0) is 14.0. The van der Waals surface area contributed by atoms with E-state index in [-0.39, 0.29) is 19.2 Å². The summed E-state index contributed by atoms with van der Waals surface area (Å²) in [6.07, 6.45) is 1.15. The fourth-order valence-corrected chi connectivity index (χ4v) is 4.39. The van der Waals surface area contributed by atoms with Gasteiger partial charge in [-0.3, -0.25) is 4.72 Å². The van der Waals surface area contributed by atoms with Crippen LogP contribution in [0.15, 0.2) is 21.9 Å². The van der Waals surface area contributed by atoms with Crippen LogP contribution < -0.4 is 4.72 Å². The number of thiazole rings is 1. The number of rotatable bonds is 4. The third-order valence-electron chi connectivity index (χ3n) is 2.00. The molecule has 102 valence electrons. The van der Waals surface area contributed by atoms with Crippen LogP contribution in [0.25, 0.3) is 0 Å². The van der Waals surface area contributed by atoms with Gasteiger partial charge in [0.1, 0.15) is 4.88 Å². The first kappa shape index (κ1) is 14.3. The summed E-state index contributed by atoms with van der Waals surface area (Å²) in [6.45, 7) is 0. The van der Waals surface area contributed by atoms with Crippen molar-refractivity contribution in [1.29, 1.82) is 0 Å². The van der Waals surface area contributed by atoms with Crippen molar-refractivity contribution in [2.24, 2.45) is 0 Å². The van der Waals surface area contributed by atoms with Crippen LogP contribution in [-0.4, -0.2) is 26.5 Å². The first-order chi connectivity index (χ1) is 8.94. The molecular weight excluding hydrogens is 332 g/mol. The molecule has 2 aromatic rings. The van der Waals surface area contributed by atoms with Gasteiger partial charge >= 0.3 is 5.97 Å². The molecule has 0 aliphatic carbocycles. The molecule has 2 heterocycles. The molecule has 0 aromatic carbocycles. The number of hydrogen-bond donors (Lipinski definition) is 1. The maximum Gasteiger partial charge on any atom is 0.350 e. The van der Waals surface area contributed by atoms with Crippen LogP contribution in [0.3, 0.4) is 0 Å². The average molecular weight is 339 g/mol. The smallest absolute Gasteiger partial charge is 0.350 e. The van der Waals surface area contributed by atoms with Gasteiger partial charge < -0.3 is 4.74 Å². The monoisotopic (exact) mass is 338 g/mol. The topological polar surface area (TPSA) is 85.4 Å². The molecular formula is C9H7ClN2O4S3. The second-order valence-electron chi connectivity index (χ2n) is 3.19. The van der Waals surface area contributed by atoms with Gasteiger partial charge in [0.2, 0.25) is 0 Å². The average Bonchev–Trinajstić information content (AvgIpc) is 2.97. The fourth-order valence-electron chi connectivity index (χ4n) is 1.20. The number of anilines is 1. The van der Waals surface area contributed by atoms with Crippen molar-refractivity contribution in [3.05, 3.63) is 27.0 Å². The van der Waals surface area contributed by atoms with Crippen molar-refractivity contribution in [2.75, 3.05) is 11.8 Å². The number of hydrogen-bond acceptors (Lipinski definition) is 7. The van der Waals surface area contributed by atoms with Crippen molar-refractivity contribution in [3.63, 3.8) is 0 Å². The highest BCUT2D eigenvalue weighted by atomic mass is 35.5. The van der Waals surface area contributed by atoms with E-state index in [2.05, 4.69) is 14.4 Å². The van der Waals surface area contributed by atoms with Gasteiger partial charge in [0.25, 0.3) is 10.0 Å². The fraction of sp³-hybridized carbons (Fsp3) is 0.111. The molecule has 19 heavy (non-hydrogen) atoms. The molecule has 0 aliphatic rings. The van der Waals surface area contributed by atoms with Crippen LogP contribution in [0.2, 0.25) is 4.47 Å². The lowest BCUT2D eigenvalue weighted by atomic mass is 10.4. The predicted molar refractivity (Wildman–Crippen MR) is 73.6 cm³/mol. The number of thiophene rings is 1. The van der Waals surface area contributed by atoms with Crippen LogP contribution in [0, 0.1) is 0 Å². The zero-order valence-electron chi connectivity index (χ0n) is 9.41. The van der Waals surface area contributed by atoms with Gasteiger partial charge in [-0.05, 0) is 11.4 Å². The van der Waals surface area contributed by atoms with E-state index in [1.54, 1.807) is 5.38 Å². The van der Waals surface area contributed by atoms with E-state index in [1.165, 1.54) is 13.2 Å². The molecule has 0 bridgehead atoms. The highest BCUT2D eigenvalue weighted by molar-refractivity contribution is 7.94. The molecule has 0 saturated carbocycles. The Morgan fingerprint density at radius 1 is 1.53 bits per heavy atom. The molecule has 0 amide bonds. The van der Waals surface area contributed by atoms with Gasteiger partial charge in [0.05, 0.1) is 19.0 Å². The Hall–Kier alpha value is -1.16. The van der Waals surface area contributed by atoms with Gasteiger partial charge in [-0.1, -0.05) is 22.9 Å². The maximum absolute atomic E-state index is 12.0. The van der Waals surface area contributed by atoms with Crippen molar-refractivity contribution in [2.45, 2.75) is 4.21 Å². The van der Waals surface area contributed by atoms with Gasteiger partial charge in [-0.25, -0.2) is 18.2 Å². The summed E-state index contributed by atoms with van der Waals surface area (Å²) in [6, 6.07) is 1.48. The van der Waals surface area contributed by atoms with Gasteiger partial charge in [-0.15, -0.1) is 11.3 Å². The molecule has 10 heteroatoms. The molecule has 0 atom stereocenters. The first-order valence-electron chi connectivity index (χ1n) is 4.74. The second-order valence-corrected chi connectivity index (χ2v) is 7.63. The SMILES string of the molecule is COC(=O)c1sccc1NS(=O)(=O)c1cnc(Cl)s1. The molecule has 2 aromatic heterocycles. The highest BCUT2D eigenvalue weighted by Crippen LogP contribution is 2.28. The van der Waals surface area contributed by atoms with Crippen molar-refractivity contribution >= 4 is 56.0 Å². The van der Waals surface area contributed by atoms with E-state index in [1.807, 2.05) is 0 Å². The molecule has 0 aliphatic heterocycles. The Morgan fingerprint density at radius 3 is 2.84 bits per heavy atom. The lowest BCUT2D eigenvalue weighted by molar-refractivity contribution is 0.0607. The van der Waals surface area contributed by atoms with Crippen molar-refractivity contribution < 1.29 is 17.9 Å². The predicted octanol–water partition coefficient (Wildman–Crippen LogP) is 2.45. The number of methoxy groups -OCH3 is 1. The van der Waals surface area contributed by atoms with Gasteiger partial charge in [-0.2, -0.15) is 0 Å². The minimum Gasteiger partial charge on any atom is -0.465 e. The molecule has 0 radical (unpaired) electrons. The normalized spacial score (nSPS) is 11.3. The minimum atomic E-state index is -3.81. The van der Waals surface area contributed by atoms with E-state index in [9.17, 15) is 13.2 Å². The maximum atomic E-state index is 12.0. The van der Waals surface area contributed by atoms with Crippen LogP contribution in [-0.2, 0) is 14.8 Å². The Balaban J connectivity index is 2.31. The van der Waals surface area contributed by atoms with Crippen LogP contribution in [0.5, 0.6) is 0 Å². The van der Waals surface area contributed by atoms with Crippen LogP contribution in [0.1, 0.15) is 9.67 Å². The molecule has 0 unspecified atom stereocenters. The summed E-state index contributed by atoms with van der Waals surface area (Å²) in [5, 5.41) is 1.59. The van der Waals surface area contributed by atoms with E-state index < -0.39 is 16.0 Å². The van der Waals surface area contributed by atoms with E-state index in [0.717, 1.165) is 28.9 Å². The Bertz CT molecular complexity index is 707. The van der Waals surface area contributed by atoms with Crippen LogP contribution >= 0.6 is 34.3 Å². The van der Waals surface area contributed by atoms with Crippen LogP contribution in [0.4, 0.5) is 5.69 Å². The Kier molecular flexibility index (Phi) is 4.09. The number of halogens is 1. The first-order valence-corrected chi connectivity index (χ1v) is 8.29. The molecule has 0 spiro atoms. The summed E-state index contributed by atoms with van der Waals surface area (Å²) >= 11 is 7.51. The largest absolute Gasteiger partial charge is 0.465 e. The third-order valence-corrected chi connectivity index (χ3v) is 5.84. The van der Waals surface area contributed by atoms with E-state index >= 15 is 0 Å². The lowest BCUT2D eigenvalue weighted by Crippen LogP contribution is -2.13. The number of esters is 1. The summed E-state index contributed by atoms with van der Waals surface area (Å²) in [5.41, 5.74) is 0.168. The number of nitrogens with zero attached hydrogens (tertiary/aromatic N) is 1.